The lowest BCUT2D eigenvalue weighted by Crippen LogP contribution is -2.36. The van der Waals surface area contributed by atoms with E-state index in [0.29, 0.717) is 33.6 Å². The molecule has 0 aliphatic carbocycles. The van der Waals surface area contributed by atoms with Gasteiger partial charge in [-0.3, -0.25) is 9.79 Å². The van der Waals surface area contributed by atoms with E-state index in [1.807, 2.05) is 11.9 Å². The van der Waals surface area contributed by atoms with E-state index < -0.39 is 0 Å². The van der Waals surface area contributed by atoms with Crippen LogP contribution in [0.5, 0.6) is 0 Å². The number of rotatable bonds is 4. The van der Waals surface area contributed by atoms with Crippen molar-refractivity contribution in [1.29, 1.82) is 0 Å². The molecule has 0 spiro atoms. The summed E-state index contributed by atoms with van der Waals surface area (Å²) in [5.41, 5.74) is 1.12. The van der Waals surface area contributed by atoms with Crippen molar-refractivity contribution >= 4 is 40.6 Å². The number of halogens is 2. The van der Waals surface area contributed by atoms with Crippen molar-refractivity contribution in [3.8, 4) is 0 Å². The summed E-state index contributed by atoms with van der Waals surface area (Å²) in [5, 5.41) is 12.0. The van der Waals surface area contributed by atoms with Gasteiger partial charge in [-0.2, -0.15) is 0 Å². The maximum Gasteiger partial charge on any atom is 0.200 e. The molecule has 2 aromatic rings. The van der Waals surface area contributed by atoms with Crippen LogP contribution in [0.25, 0.3) is 5.76 Å². The minimum atomic E-state index is -0.304. The highest BCUT2D eigenvalue weighted by Gasteiger charge is 2.27. The number of amidine groups is 1. The molecule has 3 rings (SSSR count). The van der Waals surface area contributed by atoms with E-state index in [0.717, 1.165) is 13.0 Å². The van der Waals surface area contributed by atoms with Gasteiger partial charge in [0.2, 0.25) is 5.78 Å². The van der Waals surface area contributed by atoms with Crippen molar-refractivity contribution in [3.63, 3.8) is 0 Å². The number of carbonyl (C=O) groups is 1. The molecule has 134 valence electrons. The highest BCUT2D eigenvalue weighted by atomic mass is 35.5. The quantitative estimate of drug-likeness (QED) is 0.461. The van der Waals surface area contributed by atoms with E-state index in [-0.39, 0.29) is 17.1 Å². The third-order valence-electron chi connectivity index (χ3n) is 4.19. The smallest absolute Gasteiger partial charge is 0.200 e. The summed E-state index contributed by atoms with van der Waals surface area (Å²) in [7, 11) is 1.86. The van der Waals surface area contributed by atoms with Crippen molar-refractivity contribution in [2.24, 2.45) is 4.99 Å². The maximum atomic E-state index is 13.2. The third-order valence-corrected chi connectivity index (χ3v) is 4.69. The highest BCUT2D eigenvalue weighted by Crippen LogP contribution is 2.25. The van der Waals surface area contributed by atoms with Crippen molar-refractivity contribution in [1.82, 2.24) is 4.90 Å². The molecule has 0 bridgehead atoms. The van der Waals surface area contributed by atoms with Crippen LogP contribution in [-0.4, -0.2) is 41.8 Å². The Morgan fingerprint density at radius 2 is 1.54 bits per heavy atom. The predicted molar refractivity (Wildman–Crippen MR) is 106 cm³/mol. The molecular weight excluding hydrogens is 371 g/mol. The Morgan fingerprint density at radius 1 is 1.00 bits per heavy atom. The predicted octanol–water partition coefficient (Wildman–Crippen LogP) is 4.88. The van der Waals surface area contributed by atoms with Gasteiger partial charge in [-0.05, 0) is 55.0 Å². The molecule has 6 heteroatoms. The Bertz CT molecular complexity index is 872. The Labute approximate surface area is 162 Å². The molecule has 0 saturated carbocycles. The number of carbonyl (C=O) groups excluding carboxylic acids is 1. The molecular formula is C20H18Cl2N2O2. The van der Waals surface area contributed by atoms with E-state index >= 15 is 0 Å². The molecule has 0 fully saturated rings. The van der Waals surface area contributed by atoms with Crippen LogP contribution in [0.4, 0.5) is 0 Å². The third kappa shape index (κ3) is 3.92. The average molecular weight is 389 g/mol. The summed E-state index contributed by atoms with van der Waals surface area (Å²) in [5.74, 6) is 0.0689. The molecule has 0 unspecified atom stereocenters. The van der Waals surface area contributed by atoms with Crippen LogP contribution in [0, 0.1) is 0 Å². The molecule has 1 heterocycles. The normalized spacial score (nSPS) is 15.3. The molecule has 0 atom stereocenters. The number of hydrogen-bond donors (Lipinski definition) is 1. The summed E-state index contributed by atoms with van der Waals surface area (Å²) in [6.07, 6.45) is 0.907. The zero-order valence-electron chi connectivity index (χ0n) is 14.2. The minimum Gasteiger partial charge on any atom is -0.506 e. The molecule has 0 radical (unpaired) electrons. The van der Waals surface area contributed by atoms with Gasteiger partial charge in [0, 0.05) is 41.3 Å². The second-order valence-corrected chi connectivity index (χ2v) is 6.92. The van der Waals surface area contributed by atoms with E-state index in [1.165, 1.54) is 0 Å². The van der Waals surface area contributed by atoms with Crippen molar-refractivity contribution < 1.29 is 9.90 Å². The first kappa shape index (κ1) is 18.5. The summed E-state index contributed by atoms with van der Waals surface area (Å²) in [6.45, 7) is 1.38. The number of nitrogens with zero attached hydrogens (tertiary/aromatic N) is 2. The van der Waals surface area contributed by atoms with Crippen molar-refractivity contribution in [2.75, 3.05) is 20.1 Å². The Kier molecular flexibility index (Phi) is 5.64. The zero-order valence-corrected chi connectivity index (χ0v) is 15.8. The molecule has 1 aliphatic heterocycles. The Hall–Kier alpha value is -2.30. The number of likely N-dealkylation sites (N-methyl/N-ethyl adjacent to an activating group) is 1. The maximum absolute atomic E-state index is 13.2. The second-order valence-electron chi connectivity index (χ2n) is 6.05. The first-order valence-electron chi connectivity index (χ1n) is 8.23. The summed E-state index contributed by atoms with van der Waals surface area (Å²) < 4.78 is 0. The molecule has 0 saturated heterocycles. The molecule has 2 aromatic carbocycles. The number of Topliss-reactive ketones (excluding diaryl/α,β-unsaturated/α-hetero) is 1. The second kappa shape index (κ2) is 7.94. The van der Waals surface area contributed by atoms with Crippen LogP contribution in [0.15, 0.2) is 59.1 Å². The van der Waals surface area contributed by atoms with Gasteiger partial charge < -0.3 is 10.0 Å². The van der Waals surface area contributed by atoms with E-state index in [9.17, 15) is 9.90 Å². The van der Waals surface area contributed by atoms with Gasteiger partial charge in [-0.1, -0.05) is 23.2 Å². The van der Waals surface area contributed by atoms with Gasteiger partial charge in [0.1, 0.15) is 17.2 Å². The molecule has 26 heavy (non-hydrogen) atoms. The van der Waals surface area contributed by atoms with Crippen molar-refractivity contribution in [2.45, 2.75) is 6.42 Å². The van der Waals surface area contributed by atoms with Gasteiger partial charge in [0.25, 0.3) is 0 Å². The van der Waals surface area contributed by atoms with Crippen LogP contribution < -0.4 is 0 Å². The van der Waals surface area contributed by atoms with Gasteiger partial charge in [0.15, 0.2) is 0 Å². The first-order chi connectivity index (χ1) is 12.5. The van der Waals surface area contributed by atoms with E-state index in [4.69, 9.17) is 23.2 Å². The number of aliphatic hydroxyl groups is 1. The molecule has 1 N–H and O–H groups in total. The Morgan fingerprint density at radius 3 is 2.08 bits per heavy atom. The van der Waals surface area contributed by atoms with Crippen molar-refractivity contribution in [3.05, 3.63) is 75.3 Å². The molecule has 1 aliphatic rings. The average Bonchev–Trinajstić information content (AvgIpc) is 2.64. The van der Waals surface area contributed by atoms with E-state index in [2.05, 4.69) is 4.99 Å². The lowest BCUT2D eigenvalue weighted by molar-refractivity contribution is 0.103. The zero-order chi connectivity index (χ0) is 18.7. The van der Waals surface area contributed by atoms with Gasteiger partial charge in [-0.25, -0.2) is 0 Å². The fraction of sp³-hybridized carbons (Fsp3) is 0.200. The number of ketones is 1. The van der Waals surface area contributed by atoms with Crippen LogP contribution in [0.2, 0.25) is 10.0 Å². The lowest BCUT2D eigenvalue weighted by Gasteiger charge is -2.27. The summed E-state index contributed by atoms with van der Waals surface area (Å²) in [6, 6.07) is 13.3. The fourth-order valence-corrected chi connectivity index (χ4v) is 3.05. The van der Waals surface area contributed by atoms with Gasteiger partial charge >= 0.3 is 0 Å². The number of benzene rings is 2. The molecule has 4 nitrogen and oxygen atoms in total. The topological polar surface area (TPSA) is 52.9 Å². The number of hydrogen-bond acceptors (Lipinski definition) is 4. The van der Waals surface area contributed by atoms with Crippen LogP contribution >= 0.6 is 23.2 Å². The Balaban J connectivity index is 2.14. The highest BCUT2D eigenvalue weighted by molar-refractivity contribution is 6.32. The molecule has 0 amide bonds. The van der Waals surface area contributed by atoms with Gasteiger partial charge in [0.05, 0.1) is 0 Å². The SMILES string of the molecule is CN1CCCN=C1/C(C(=O)c1ccc(Cl)cc1)=C(/O)c1ccc(Cl)cc1. The molecule has 0 aromatic heterocycles. The monoisotopic (exact) mass is 388 g/mol. The van der Waals surface area contributed by atoms with Crippen LogP contribution in [0.3, 0.4) is 0 Å². The largest absolute Gasteiger partial charge is 0.506 e. The van der Waals surface area contributed by atoms with Gasteiger partial charge in [-0.15, -0.1) is 0 Å². The minimum absolute atomic E-state index is 0.117. The van der Waals surface area contributed by atoms with Crippen LogP contribution in [-0.2, 0) is 0 Å². The summed E-state index contributed by atoms with van der Waals surface area (Å²) in [4.78, 5) is 19.6. The standard InChI is InChI=1S/C20H18Cl2N2O2/c1-24-12-2-11-23-20(24)17(18(25)13-3-7-15(21)8-4-13)19(26)14-5-9-16(22)10-6-14/h3-10,25H,2,11-12H2,1H3/b18-17+. The number of aliphatic imine (C=N–C) groups is 1. The van der Waals surface area contributed by atoms with Crippen LogP contribution in [0.1, 0.15) is 22.3 Å². The first-order valence-corrected chi connectivity index (χ1v) is 8.98. The number of aliphatic hydroxyl groups excluding tert-OH is 1. The van der Waals surface area contributed by atoms with E-state index in [1.54, 1.807) is 48.5 Å². The lowest BCUT2D eigenvalue weighted by atomic mass is 9.97. The fourth-order valence-electron chi connectivity index (χ4n) is 2.80. The summed E-state index contributed by atoms with van der Waals surface area (Å²) >= 11 is 11.9.